The Balaban J connectivity index is 2.36. The highest BCUT2D eigenvalue weighted by atomic mass is 15.1. The first kappa shape index (κ1) is 10.0. The van der Waals surface area contributed by atoms with E-state index >= 15 is 0 Å². The van der Waals surface area contributed by atoms with E-state index in [0.717, 1.165) is 6.54 Å². The van der Waals surface area contributed by atoms with Gasteiger partial charge in [-0.25, -0.2) is 0 Å². The second-order valence-electron chi connectivity index (χ2n) is 4.15. The van der Waals surface area contributed by atoms with Gasteiger partial charge in [-0.3, -0.25) is 0 Å². The van der Waals surface area contributed by atoms with Gasteiger partial charge in [0, 0.05) is 18.1 Å². The van der Waals surface area contributed by atoms with Crippen LogP contribution in [0.15, 0.2) is 0 Å². The standard InChI is InChI=1S/C10H22N2/c1-4-9(5-2)12-10(3)6-7-11-8-10/h9,11-12H,4-8H2,1-3H3. The molecule has 0 aromatic rings. The molecule has 0 saturated carbocycles. The van der Waals surface area contributed by atoms with E-state index in [4.69, 9.17) is 0 Å². The second kappa shape index (κ2) is 4.24. The van der Waals surface area contributed by atoms with E-state index in [1.165, 1.54) is 25.8 Å². The zero-order valence-corrected chi connectivity index (χ0v) is 8.61. The van der Waals surface area contributed by atoms with Gasteiger partial charge in [0.1, 0.15) is 0 Å². The number of hydrogen-bond acceptors (Lipinski definition) is 2. The number of hydrogen-bond donors (Lipinski definition) is 2. The highest BCUT2D eigenvalue weighted by Gasteiger charge is 2.29. The van der Waals surface area contributed by atoms with Crippen molar-refractivity contribution < 1.29 is 0 Å². The lowest BCUT2D eigenvalue weighted by molar-refractivity contribution is 0.320. The van der Waals surface area contributed by atoms with Gasteiger partial charge in [0.25, 0.3) is 0 Å². The van der Waals surface area contributed by atoms with Crippen molar-refractivity contribution >= 4 is 0 Å². The Morgan fingerprint density at radius 3 is 2.50 bits per heavy atom. The van der Waals surface area contributed by atoms with E-state index in [0.29, 0.717) is 11.6 Å². The molecule has 1 heterocycles. The minimum atomic E-state index is 0.358. The van der Waals surface area contributed by atoms with Crippen LogP contribution >= 0.6 is 0 Å². The van der Waals surface area contributed by atoms with Crippen LogP contribution in [0.2, 0.25) is 0 Å². The van der Waals surface area contributed by atoms with Crippen molar-refractivity contribution in [3.8, 4) is 0 Å². The van der Waals surface area contributed by atoms with Crippen LogP contribution in [-0.4, -0.2) is 24.7 Å². The topological polar surface area (TPSA) is 24.1 Å². The molecule has 0 aliphatic carbocycles. The summed E-state index contributed by atoms with van der Waals surface area (Å²) in [6.07, 6.45) is 3.75. The predicted molar refractivity (Wildman–Crippen MR) is 53.4 cm³/mol. The molecular formula is C10H22N2. The third-order valence-electron chi connectivity index (χ3n) is 2.91. The molecule has 0 aromatic carbocycles. The maximum absolute atomic E-state index is 3.73. The molecule has 2 nitrogen and oxygen atoms in total. The van der Waals surface area contributed by atoms with Gasteiger partial charge < -0.3 is 10.6 Å². The summed E-state index contributed by atoms with van der Waals surface area (Å²) in [6, 6.07) is 0.704. The first-order valence-electron chi connectivity index (χ1n) is 5.18. The van der Waals surface area contributed by atoms with Gasteiger partial charge in [0.15, 0.2) is 0 Å². The highest BCUT2D eigenvalue weighted by Crippen LogP contribution is 2.15. The molecule has 1 saturated heterocycles. The maximum atomic E-state index is 3.73. The number of rotatable bonds is 4. The normalized spacial score (nSPS) is 30.0. The Labute approximate surface area is 76.1 Å². The maximum Gasteiger partial charge on any atom is 0.0292 e. The van der Waals surface area contributed by atoms with Crippen LogP contribution in [0.5, 0.6) is 0 Å². The van der Waals surface area contributed by atoms with Crippen molar-refractivity contribution in [3.05, 3.63) is 0 Å². The average molecular weight is 170 g/mol. The quantitative estimate of drug-likeness (QED) is 0.668. The lowest BCUT2D eigenvalue weighted by Gasteiger charge is -2.30. The summed E-state index contributed by atoms with van der Waals surface area (Å²) in [4.78, 5) is 0. The van der Waals surface area contributed by atoms with Gasteiger partial charge in [-0.15, -0.1) is 0 Å². The van der Waals surface area contributed by atoms with Crippen LogP contribution in [0.1, 0.15) is 40.0 Å². The largest absolute Gasteiger partial charge is 0.315 e. The minimum absolute atomic E-state index is 0.358. The van der Waals surface area contributed by atoms with E-state index in [-0.39, 0.29) is 0 Å². The summed E-state index contributed by atoms with van der Waals surface area (Å²) >= 11 is 0. The molecule has 0 spiro atoms. The highest BCUT2D eigenvalue weighted by molar-refractivity contribution is 4.93. The molecule has 0 amide bonds. The van der Waals surface area contributed by atoms with Crippen LogP contribution in [0, 0.1) is 0 Å². The summed E-state index contributed by atoms with van der Waals surface area (Å²) < 4.78 is 0. The fourth-order valence-corrected chi connectivity index (χ4v) is 1.93. The zero-order chi connectivity index (χ0) is 9.03. The second-order valence-corrected chi connectivity index (χ2v) is 4.15. The summed E-state index contributed by atoms with van der Waals surface area (Å²) in [7, 11) is 0. The molecule has 1 unspecified atom stereocenters. The van der Waals surface area contributed by atoms with Crippen molar-refractivity contribution in [2.45, 2.75) is 51.6 Å². The molecule has 72 valence electrons. The van der Waals surface area contributed by atoms with E-state index in [1.807, 2.05) is 0 Å². The minimum Gasteiger partial charge on any atom is -0.315 e. The molecule has 1 aliphatic heterocycles. The molecule has 1 atom stereocenters. The molecule has 0 aromatic heterocycles. The molecule has 0 bridgehead atoms. The van der Waals surface area contributed by atoms with Gasteiger partial charge in [0.2, 0.25) is 0 Å². The molecule has 1 fully saturated rings. The van der Waals surface area contributed by atoms with Gasteiger partial charge >= 0.3 is 0 Å². The third kappa shape index (κ3) is 2.46. The monoisotopic (exact) mass is 170 g/mol. The third-order valence-corrected chi connectivity index (χ3v) is 2.91. The molecular weight excluding hydrogens is 148 g/mol. The fraction of sp³-hybridized carbons (Fsp3) is 1.00. The Bertz CT molecular complexity index is 124. The molecule has 1 rings (SSSR count). The van der Waals surface area contributed by atoms with Crippen LogP contribution in [0.3, 0.4) is 0 Å². The van der Waals surface area contributed by atoms with Gasteiger partial charge in [-0.1, -0.05) is 13.8 Å². The summed E-state index contributed by atoms with van der Waals surface area (Å²) in [5.74, 6) is 0. The lowest BCUT2D eigenvalue weighted by atomic mass is 9.98. The van der Waals surface area contributed by atoms with E-state index in [9.17, 15) is 0 Å². The summed E-state index contributed by atoms with van der Waals surface area (Å²) in [5, 5.41) is 7.13. The van der Waals surface area contributed by atoms with Gasteiger partial charge in [0.05, 0.1) is 0 Å². The SMILES string of the molecule is CCC(CC)NC1(C)CCNC1. The van der Waals surface area contributed by atoms with Crippen molar-refractivity contribution in [3.63, 3.8) is 0 Å². The molecule has 1 aliphatic rings. The van der Waals surface area contributed by atoms with Crippen LogP contribution in [0.25, 0.3) is 0 Å². The van der Waals surface area contributed by atoms with E-state index < -0.39 is 0 Å². The first-order chi connectivity index (χ1) is 5.70. The zero-order valence-electron chi connectivity index (χ0n) is 8.61. The van der Waals surface area contributed by atoms with Crippen molar-refractivity contribution in [1.29, 1.82) is 0 Å². The average Bonchev–Trinajstić information content (AvgIpc) is 2.48. The van der Waals surface area contributed by atoms with E-state index in [2.05, 4.69) is 31.4 Å². The fourth-order valence-electron chi connectivity index (χ4n) is 1.93. The molecule has 2 N–H and O–H groups in total. The molecule has 0 radical (unpaired) electrons. The Kier molecular flexibility index (Phi) is 3.53. The van der Waals surface area contributed by atoms with Crippen LogP contribution < -0.4 is 10.6 Å². The van der Waals surface area contributed by atoms with Gasteiger partial charge in [-0.2, -0.15) is 0 Å². The Morgan fingerprint density at radius 1 is 1.42 bits per heavy atom. The van der Waals surface area contributed by atoms with Gasteiger partial charge in [-0.05, 0) is 32.7 Å². The smallest absolute Gasteiger partial charge is 0.0292 e. The van der Waals surface area contributed by atoms with Crippen LogP contribution in [0.4, 0.5) is 0 Å². The first-order valence-corrected chi connectivity index (χ1v) is 5.18. The van der Waals surface area contributed by atoms with Crippen molar-refractivity contribution in [1.82, 2.24) is 10.6 Å². The van der Waals surface area contributed by atoms with Crippen molar-refractivity contribution in [2.75, 3.05) is 13.1 Å². The molecule has 2 heteroatoms. The van der Waals surface area contributed by atoms with Crippen LogP contribution in [-0.2, 0) is 0 Å². The lowest BCUT2D eigenvalue weighted by Crippen LogP contribution is -2.49. The Hall–Kier alpha value is -0.0800. The van der Waals surface area contributed by atoms with E-state index in [1.54, 1.807) is 0 Å². The summed E-state index contributed by atoms with van der Waals surface area (Å²) in [5.41, 5.74) is 0.358. The number of nitrogens with one attached hydrogen (secondary N) is 2. The predicted octanol–water partition coefficient (Wildman–Crippen LogP) is 1.52. The summed E-state index contributed by atoms with van der Waals surface area (Å²) in [6.45, 7) is 9.14. The molecule has 12 heavy (non-hydrogen) atoms. The van der Waals surface area contributed by atoms with Crippen molar-refractivity contribution in [2.24, 2.45) is 0 Å². The Morgan fingerprint density at radius 2 is 2.08 bits per heavy atom.